The van der Waals surface area contributed by atoms with Crippen LogP contribution in [0.25, 0.3) is 0 Å². The molecule has 1 fully saturated rings. The molecular weight excluding hydrogens is 280 g/mol. The maximum absolute atomic E-state index is 12.1. The fourth-order valence-electron chi connectivity index (χ4n) is 1.97. The van der Waals surface area contributed by atoms with Gasteiger partial charge in [0.15, 0.2) is 0 Å². The van der Waals surface area contributed by atoms with E-state index in [0.717, 1.165) is 16.0 Å². The van der Waals surface area contributed by atoms with Crippen molar-refractivity contribution < 1.29 is 4.79 Å². The molecule has 1 aliphatic rings. The van der Waals surface area contributed by atoms with E-state index < -0.39 is 0 Å². The third-order valence-corrected chi connectivity index (χ3v) is 4.14. The van der Waals surface area contributed by atoms with Crippen LogP contribution in [0.4, 0.5) is 0 Å². The molecule has 0 radical (unpaired) electrons. The first kappa shape index (κ1) is 16.3. The zero-order valence-corrected chi connectivity index (χ0v) is 12.9. The highest BCUT2D eigenvalue weighted by atomic mass is 35.5. The average Bonchev–Trinajstić information content (AvgIpc) is 3.20. The summed E-state index contributed by atoms with van der Waals surface area (Å²) in [6.45, 7) is 2.53. The zero-order valence-electron chi connectivity index (χ0n) is 11.3. The molecule has 1 aromatic carbocycles. The summed E-state index contributed by atoms with van der Waals surface area (Å²) >= 11 is 1.64. The molecule has 3 N–H and O–H groups in total. The van der Waals surface area contributed by atoms with Crippen molar-refractivity contribution in [1.82, 2.24) is 5.32 Å². The highest BCUT2D eigenvalue weighted by Crippen LogP contribution is 2.31. The Morgan fingerprint density at radius 2 is 2.21 bits per heavy atom. The van der Waals surface area contributed by atoms with Gasteiger partial charge in [-0.25, -0.2) is 0 Å². The van der Waals surface area contributed by atoms with Gasteiger partial charge in [0, 0.05) is 23.0 Å². The molecule has 3 nitrogen and oxygen atoms in total. The number of halogens is 1. The van der Waals surface area contributed by atoms with E-state index in [1.165, 1.54) is 12.8 Å². The standard InChI is InChI=1S/C14H20N2OS.ClH/c1-9-3-6-11(18-2)7-12(9)14(17)16-8-13(15)10-4-5-10;/h3,6-7,10,13H,4-5,8,15H2,1-2H3,(H,16,17);1H. The number of rotatable bonds is 5. The van der Waals surface area contributed by atoms with E-state index in [4.69, 9.17) is 5.73 Å². The molecule has 0 saturated heterocycles. The maximum Gasteiger partial charge on any atom is 0.251 e. The molecule has 1 aliphatic carbocycles. The number of hydrogen-bond acceptors (Lipinski definition) is 3. The van der Waals surface area contributed by atoms with Gasteiger partial charge in [-0.05, 0) is 49.6 Å². The number of nitrogens with one attached hydrogen (secondary N) is 1. The molecule has 0 bridgehead atoms. The predicted molar refractivity (Wildman–Crippen MR) is 83.2 cm³/mol. The lowest BCUT2D eigenvalue weighted by molar-refractivity contribution is 0.0949. The monoisotopic (exact) mass is 300 g/mol. The van der Waals surface area contributed by atoms with Crippen LogP contribution in [0.1, 0.15) is 28.8 Å². The molecule has 106 valence electrons. The molecule has 0 aromatic heterocycles. The Kier molecular flexibility index (Phi) is 6.17. The molecule has 0 spiro atoms. The van der Waals surface area contributed by atoms with Gasteiger partial charge in [0.2, 0.25) is 0 Å². The number of nitrogens with two attached hydrogens (primary N) is 1. The number of hydrogen-bond donors (Lipinski definition) is 2. The largest absolute Gasteiger partial charge is 0.350 e. The number of benzene rings is 1. The third kappa shape index (κ3) is 4.41. The van der Waals surface area contributed by atoms with Crippen molar-refractivity contribution in [2.24, 2.45) is 11.7 Å². The van der Waals surface area contributed by atoms with E-state index in [2.05, 4.69) is 5.32 Å². The van der Waals surface area contributed by atoms with Crippen LogP contribution in [0.2, 0.25) is 0 Å². The van der Waals surface area contributed by atoms with Crippen molar-refractivity contribution in [1.29, 1.82) is 0 Å². The highest BCUT2D eigenvalue weighted by Gasteiger charge is 2.28. The second kappa shape index (κ2) is 7.17. The Morgan fingerprint density at radius 1 is 1.53 bits per heavy atom. The van der Waals surface area contributed by atoms with Gasteiger partial charge in [-0.2, -0.15) is 0 Å². The van der Waals surface area contributed by atoms with Gasteiger partial charge in [-0.15, -0.1) is 24.2 Å². The second-order valence-electron chi connectivity index (χ2n) is 4.89. The fraction of sp³-hybridized carbons (Fsp3) is 0.500. The number of thioether (sulfide) groups is 1. The van der Waals surface area contributed by atoms with Crippen molar-refractivity contribution >= 4 is 30.1 Å². The van der Waals surface area contributed by atoms with Crippen LogP contribution in [0.15, 0.2) is 23.1 Å². The van der Waals surface area contributed by atoms with E-state index in [1.54, 1.807) is 11.8 Å². The zero-order chi connectivity index (χ0) is 13.1. The van der Waals surface area contributed by atoms with Crippen LogP contribution in [-0.4, -0.2) is 24.7 Å². The smallest absolute Gasteiger partial charge is 0.251 e. The molecule has 0 heterocycles. The first-order valence-electron chi connectivity index (χ1n) is 6.30. The van der Waals surface area contributed by atoms with Gasteiger partial charge in [-0.3, -0.25) is 4.79 Å². The molecule has 5 heteroatoms. The van der Waals surface area contributed by atoms with E-state index in [9.17, 15) is 4.79 Å². The lowest BCUT2D eigenvalue weighted by Gasteiger charge is -2.13. The van der Waals surface area contributed by atoms with E-state index in [-0.39, 0.29) is 24.4 Å². The van der Waals surface area contributed by atoms with Crippen molar-refractivity contribution in [2.75, 3.05) is 12.8 Å². The lowest BCUT2D eigenvalue weighted by atomic mass is 10.1. The quantitative estimate of drug-likeness (QED) is 0.822. The number of aryl methyl sites for hydroxylation is 1. The Hall–Kier alpha value is -0.710. The molecule has 1 atom stereocenters. The Bertz CT molecular complexity index is 449. The molecule has 1 saturated carbocycles. The Morgan fingerprint density at radius 3 is 2.79 bits per heavy atom. The SMILES string of the molecule is CSc1ccc(C)c(C(=O)NCC(N)C2CC2)c1.Cl. The summed E-state index contributed by atoms with van der Waals surface area (Å²) in [4.78, 5) is 13.2. The Labute approximate surface area is 125 Å². The van der Waals surface area contributed by atoms with E-state index in [0.29, 0.717) is 12.5 Å². The minimum Gasteiger partial charge on any atom is -0.350 e. The topological polar surface area (TPSA) is 55.1 Å². The Balaban J connectivity index is 0.00000180. The van der Waals surface area contributed by atoms with Crippen LogP contribution >= 0.6 is 24.2 Å². The molecule has 0 aliphatic heterocycles. The fourth-order valence-corrected chi connectivity index (χ4v) is 2.41. The number of carbonyl (C=O) groups is 1. The third-order valence-electron chi connectivity index (χ3n) is 3.42. The first-order chi connectivity index (χ1) is 8.61. The second-order valence-corrected chi connectivity index (χ2v) is 5.77. The van der Waals surface area contributed by atoms with Gasteiger partial charge in [0.1, 0.15) is 0 Å². The molecule has 2 rings (SSSR count). The molecular formula is C14H21ClN2OS. The summed E-state index contributed by atoms with van der Waals surface area (Å²) < 4.78 is 0. The van der Waals surface area contributed by atoms with Crippen molar-refractivity contribution in [2.45, 2.75) is 30.7 Å². The number of amides is 1. The van der Waals surface area contributed by atoms with Crippen molar-refractivity contribution in [3.63, 3.8) is 0 Å². The number of carbonyl (C=O) groups excluding carboxylic acids is 1. The van der Waals surface area contributed by atoms with E-state index in [1.807, 2.05) is 31.4 Å². The first-order valence-corrected chi connectivity index (χ1v) is 7.52. The van der Waals surface area contributed by atoms with Gasteiger partial charge in [0.25, 0.3) is 5.91 Å². The molecule has 1 unspecified atom stereocenters. The summed E-state index contributed by atoms with van der Waals surface area (Å²) in [7, 11) is 0. The lowest BCUT2D eigenvalue weighted by Crippen LogP contribution is -2.38. The minimum absolute atomic E-state index is 0. The summed E-state index contributed by atoms with van der Waals surface area (Å²) in [5.74, 6) is 0.600. The van der Waals surface area contributed by atoms with Gasteiger partial charge < -0.3 is 11.1 Å². The average molecular weight is 301 g/mol. The van der Waals surface area contributed by atoms with Crippen LogP contribution in [0, 0.1) is 12.8 Å². The van der Waals surface area contributed by atoms with Crippen LogP contribution in [-0.2, 0) is 0 Å². The summed E-state index contributed by atoms with van der Waals surface area (Å²) in [5.41, 5.74) is 7.74. The molecule has 19 heavy (non-hydrogen) atoms. The predicted octanol–water partition coefficient (Wildman–Crippen LogP) is 2.61. The summed E-state index contributed by atoms with van der Waals surface area (Å²) in [6, 6.07) is 6.07. The minimum atomic E-state index is -0.0144. The summed E-state index contributed by atoms with van der Waals surface area (Å²) in [6.07, 6.45) is 4.42. The van der Waals surface area contributed by atoms with Crippen molar-refractivity contribution in [3.05, 3.63) is 29.3 Å². The van der Waals surface area contributed by atoms with Crippen LogP contribution in [0.5, 0.6) is 0 Å². The molecule has 1 aromatic rings. The normalized spacial score (nSPS) is 15.5. The maximum atomic E-state index is 12.1. The van der Waals surface area contributed by atoms with Crippen LogP contribution in [0.3, 0.4) is 0 Å². The van der Waals surface area contributed by atoms with Crippen molar-refractivity contribution in [3.8, 4) is 0 Å². The molecule has 1 amide bonds. The van der Waals surface area contributed by atoms with E-state index >= 15 is 0 Å². The van der Waals surface area contributed by atoms with Gasteiger partial charge in [0.05, 0.1) is 0 Å². The van der Waals surface area contributed by atoms with Gasteiger partial charge in [-0.1, -0.05) is 6.07 Å². The van der Waals surface area contributed by atoms with Crippen LogP contribution < -0.4 is 11.1 Å². The highest BCUT2D eigenvalue weighted by molar-refractivity contribution is 7.98. The summed E-state index contributed by atoms with van der Waals surface area (Å²) in [5, 5.41) is 2.94. The van der Waals surface area contributed by atoms with Gasteiger partial charge >= 0.3 is 0 Å².